The summed E-state index contributed by atoms with van der Waals surface area (Å²) in [5.41, 5.74) is 7.55. The van der Waals surface area contributed by atoms with E-state index in [1.807, 2.05) is 23.1 Å². The lowest BCUT2D eigenvalue weighted by molar-refractivity contribution is -0.132. The van der Waals surface area contributed by atoms with Crippen molar-refractivity contribution < 1.29 is 9.59 Å². The highest BCUT2D eigenvalue weighted by atomic mass is 32.1. The van der Waals surface area contributed by atoms with Crippen molar-refractivity contribution in [3.05, 3.63) is 87.6 Å². The first kappa shape index (κ1) is 22.3. The van der Waals surface area contributed by atoms with E-state index in [2.05, 4.69) is 46.6 Å². The van der Waals surface area contributed by atoms with Gasteiger partial charge in [-0.2, -0.15) is 4.80 Å². The van der Waals surface area contributed by atoms with Crippen molar-refractivity contribution in [2.45, 2.75) is 26.4 Å². The second-order valence-electron chi connectivity index (χ2n) is 7.65. The van der Waals surface area contributed by atoms with E-state index in [4.69, 9.17) is 5.73 Å². The molecule has 33 heavy (non-hydrogen) atoms. The lowest BCUT2D eigenvalue weighted by Gasteiger charge is -2.22. The minimum absolute atomic E-state index is 0.00842. The quantitative estimate of drug-likeness (QED) is 0.413. The Morgan fingerprint density at radius 1 is 1.03 bits per heavy atom. The Balaban J connectivity index is 1.45. The van der Waals surface area contributed by atoms with E-state index in [-0.39, 0.29) is 12.5 Å². The van der Waals surface area contributed by atoms with E-state index in [1.54, 1.807) is 35.6 Å². The summed E-state index contributed by atoms with van der Waals surface area (Å²) in [4.78, 5) is 29.9. The summed E-state index contributed by atoms with van der Waals surface area (Å²) in [5, 5.41) is 12.4. The minimum atomic E-state index is -0.500. The van der Waals surface area contributed by atoms with Crippen molar-refractivity contribution in [1.82, 2.24) is 25.1 Å². The Kier molecular flexibility index (Phi) is 6.89. The van der Waals surface area contributed by atoms with Gasteiger partial charge in [-0.1, -0.05) is 42.5 Å². The van der Waals surface area contributed by atoms with Gasteiger partial charge in [-0.15, -0.1) is 21.5 Å². The molecule has 9 heteroatoms. The molecule has 0 aliphatic carbocycles. The predicted octanol–water partition coefficient (Wildman–Crippen LogP) is 3.08. The summed E-state index contributed by atoms with van der Waals surface area (Å²) >= 11 is 1.69. The SMILES string of the molecule is Cc1ccc(CN(CCc2ccccc2)C(=O)Cn2nnc(-c3ccc(C(N)=O)cc3)n2)s1. The van der Waals surface area contributed by atoms with Crippen LogP contribution in [0, 0.1) is 6.92 Å². The number of carbonyl (C=O) groups is 2. The highest BCUT2D eigenvalue weighted by Crippen LogP contribution is 2.18. The third kappa shape index (κ3) is 5.89. The standard InChI is InChI=1S/C24H24N6O2S/c1-17-7-12-21(33-17)15-29(14-13-18-5-3-2-4-6-18)22(31)16-30-27-24(26-28-30)20-10-8-19(9-11-20)23(25)32/h2-12H,13-16H2,1H3,(H2,25,32). The number of rotatable bonds is 9. The number of aryl methyl sites for hydroxylation is 1. The van der Waals surface area contributed by atoms with Crippen molar-refractivity contribution >= 4 is 23.2 Å². The van der Waals surface area contributed by atoms with Gasteiger partial charge in [0, 0.05) is 27.4 Å². The Labute approximate surface area is 195 Å². The van der Waals surface area contributed by atoms with Crippen molar-refractivity contribution in [3.63, 3.8) is 0 Å². The van der Waals surface area contributed by atoms with E-state index in [1.165, 1.54) is 15.2 Å². The van der Waals surface area contributed by atoms with E-state index < -0.39 is 5.91 Å². The fourth-order valence-electron chi connectivity index (χ4n) is 3.39. The smallest absolute Gasteiger partial charge is 0.248 e. The van der Waals surface area contributed by atoms with Gasteiger partial charge in [-0.3, -0.25) is 9.59 Å². The van der Waals surface area contributed by atoms with Crippen LogP contribution >= 0.6 is 11.3 Å². The van der Waals surface area contributed by atoms with Gasteiger partial charge < -0.3 is 10.6 Å². The molecule has 0 spiro atoms. The number of thiophene rings is 1. The maximum atomic E-state index is 13.2. The van der Waals surface area contributed by atoms with Crippen LogP contribution in [0.4, 0.5) is 0 Å². The van der Waals surface area contributed by atoms with Gasteiger partial charge in [0.1, 0.15) is 6.54 Å². The molecular weight excluding hydrogens is 436 g/mol. The van der Waals surface area contributed by atoms with E-state index in [0.717, 1.165) is 11.3 Å². The molecule has 2 aromatic carbocycles. The van der Waals surface area contributed by atoms with Crippen LogP contribution in [0.1, 0.15) is 25.7 Å². The molecule has 0 bridgehead atoms. The highest BCUT2D eigenvalue weighted by Gasteiger charge is 2.18. The van der Waals surface area contributed by atoms with Crippen molar-refractivity contribution in [2.75, 3.05) is 6.54 Å². The molecule has 0 atom stereocenters. The molecule has 0 unspecified atom stereocenters. The number of nitrogens with two attached hydrogens (primary N) is 1. The molecule has 0 saturated carbocycles. The second-order valence-corrected chi connectivity index (χ2v) is 9.02. The van der Waals surface area contributed by atoms with Gasteiger partial charge in [0.2, 0.25) is 17.6 Å². The molecule has 168 valence electrons. The summed E-state index contributed by atoms with van der Waals surface area (Å²) in [6.45, 7) is 3.18. The number of amides is 2. The van der Waals surface area contributed by atoms with E-state index >= 15 is 0 Å². The molecule has 0 radical (unpaired) electrons. The Hall–Kier alpha value is -3.85. The molecule has 2 heterocycles. The molecule has 2 amide bonds. The van der Waals surface area contributed by atoms with Crippen LogP contribution in [0.3, 0.4) is 0 Å². The fourth-order valence-corrected chi connectivity index (χ4v) is 4.30. The lowest BCUT2D eigenvalue weighted by Crippen LogP contribution is -2.35. The van der Waals surface area contributed by atoms with Crippen LogP contribution in [-0.4, -0.2) is 43.5 Å². The van der Waals surface area contributed by atoms with Crippen LogP contribution in [0.15, 0.2) is 66.7 Å². The third-order valence-electron chi connectivity index (χ3n) is 5.17. The van der Waals surface area contributed by atoms with Crippen LogP contribution in [0.2, 0.25) is 0 Å². The molecule has 0 aliphatic heterocycles. The van der Waals surface area contributed by atoms with E-state index in [9.17, 15) is 9.59 Å². The van der Waals surface area contributed by atoms with Crippen molar-refractivity contribution in [3.8, 4) is 11.4 Å². The van der Waals surface area contributed by atoms with Gasteiger partial charge in [-0.05, 0) is 48.4 Å². The number of tetrazole rings is 1. The van der Waals surface area contributed by atoms with Crippen LogP contribution in [-0.2, 0) is 24.3 Å². The highest BCUT2D eigenvalue weighted by molar-refractivity contribution is 7.11. The van der Waals surface area contributed by atoms with E-state index in [0.29, 0.717) is 30.0 Å². The molecule has 0 aliphatic rings. The number of hydrogen-bond donors (Lipinski definition) is 1. The average molecular weight is 461 g/mol. The molecule has 0 saturated heterocycles. The zero-order chi connectivity index (χ0) is 23.2. The fraction of sp³-hybridized carbons (Fsp3) is 0.208. The zero-order valence-electron chi connectivity index (χ0n) is 18.2. The first-order chi connectivity index (χ1) is 16.0. The molecule has 4 rings (SSSR count). The predicted molar refractivity (Wildman–Crippen MR) is 126 cm³/mol. The van der Waals surface area contributed by atoms with Crippen molar-refractivity contribution in [1.29, 1.82) is 0 Å². The van der Waals surface area contributed by atoms with Crippen LogP contribution < -0.4 is 5.73 Å². The Bertz CT molecular complexity index is 1230. The number of nitrogens with zero attached hydrogens (tertiary/aromatic N) is 5. The molecule has 8 nitrogen and oxygen atoms in total. The second kappa shape index (κ2) is 10.2. The summed E-state index contributed by atoms with van der Waals surface area (Å²) in [6.07, 6.45) is 0.763. The number of benzene rings is 2. The Morgan fingerprint density at radius 2 is 1.79 bits per heavy atom. The lowest BCUT2D eigenvalue weighted by atomic mass is 10.1. The number of hydrogen-bond acceptors (Lipinski definition) is 6. The number of primary amides is 1. The first-order valence-corrected chi connectivity index (χ1v) is 11.3. The van der Waals surface area contributed by atoms with Gasteiger partial charge in [0.05, 0.1) is 6.54 Å². The Morgan fingerprint density at radius 3 is 2.45 bits per heavy atom. The monoisotopic (exact) mass is 460 g/mol. The molecule has 2 aromatic heterocycles. The van der Waals surface area contributed by atoms with Gasteiger partial charge >= 0.3 is 0 Å². The maximum absolute atomic E-state index is 13.2. The van der Waals surface area contributed by atoms with Gasteiger partial charge in [-0.25, -0.2) is 0 Å². The number of carbonyl (C=O) groups excluding carboxylic acids is 2. The number of aromatic nitrogens is 4. The van der Waals surface area contributed by atoms with Crippen LogP contribution in [0.25, 0.3) is 11.4 Å². The van der Waals surface area contributed by atoms with Crippen LogP contribution in [0.5, 0.6) is 0 Å². The van der Waals surface area contributed by atoms with Gasteiger partial charge in [0.15, 0.2) is 0 Å². The topological polar surface area (TPSA) is 107 Å². The molecule has 0 fully saturated rings. The average Bonchev–Trinajstić information content (AvgIpc) is 3.46. The summed E-state index contributed by atoms with van der Waals surface area (Å²) in [6, 6.07) is 20.9. The maximum Gasteiger partial charge on any atom is 0.248 e. The normalized spacial score (nSPS) is 10.8. The first-order valence-electron chi connectivity index (χ1n) is 10.5. The minimum Gasteiger partial charge on any atom is -0.366 e. The zero-order valence-corrected chi connectivity index (χ0v) is 19.0. The summed E-state index contributed by atoms with van der Waals surface area (Å²) in [5.74, 6) is -0.200. The molecular formula is C24H24N6O2S. The van der Waals surface area contributed by atoms with Crippen molar-refractivity contribution in [2.24, 2.45) is 5.73 Å². The summed E-state index contributed by atoms with van der Waals surface area (Å²) in [7, 11) is 0. The largest absolute Gasteiger partial charge is 0.366 e. The summed E-state index contributed by atoms with van der Waals surface area (Å²) < 4.78 is 0. The van der Waals surface area contributed by atoms with Gasteiger partial charge in [0.25, 0.3) is 0 Å². The molecule has 2 N–H and O–H groups in total. The molecule has 4 aromatic rings. The third-order valence-corrected chi connectivity index (χ3v) is 6.15.